The van der Waals surface area contributed by atoms with Gasteiger partial charge < -0.3 is 10.0 Å². The van der Waals surface area contributed by atoms with Crippen molar-refractivity contribution in [2.75, 3.05) is 20.1 Å². The molecular formula is C12H15NO. The van der Waals surface area contributed by atoms with Crippen LogP contribution < -0.4 is 0 Å². The first kappa shape index (κ1) is 9.28. The molecule has 2 heteroatoms. The van der Waals surface area contributed by atoms with Gasteiger partial charge in [-0.25, -0.2) is 0 Å². The van der Waals surface area contributed by atoms with E-state index in [2.05, 4.69) is 18.0 Å². The molecule has 0 fully saturated rings. The van der Waals surface area contributed by atoms with Crippen LogP contribution in [0.5, 0.6) is 5.75 Å². The molecule has 1 aromatic carbocycles. The number of aromatic hydroxyl groups is 1. The smallest absolute Gasteiger partial charge is 0.123 e. The summed E-state index contributed by atoms with van der Waals surface area (Å²) in [6, 6.07) is 7.55. The van der Waals surface area contributed by atoms with Gasteiger partial charge in [0.15, 0.2) is 0 Å². The summed E-state index contributed by atoms with van der Waals surface area (Å²) in [5.41, 5.74) is 2.25. The predicted molar refractivity (Wildman–Crippen MR) is 58.2 cm³/mol. The molecule has 1 aromatic rings. The van der Waals surface area contributed by atoms with E-state index >= 15 is 0 Å². The summed E-state index contributed by atoms with van der Waals surface area (Å²) in [5.74, 6) is 0.392. The highest BCUT2D eigenvalue weighted by Gasteiger charge is 2.11. The molecule has 0 atom stereocenters. The normalized spacial score (nSPS) is 17.9. The number of benzene rings is 1. The van der Waals surface area contributed by atoms with Crippen molar-refractivity contribution in [1.82, 2.24) is 4.90 Å². The maximum Gasteiger partial charge on any atom is 0.123 e. The average molecular weight is 189 g/mol. The van der Waals surface area contributed by atoms with Gasteiger partial charge in [0.25, 0.3) is 0 Å². The van der Waals surface area contributed by atoms with E-state index in [4.69, 9.17) is 0 Å². The van der Waals surface area contributed by atoms with Crippen LogP contribution in [-0.2, 0) is 0 Å². The van der Waals surface area contributed by atoms with E-state index in [1.807, 2.05) is 18.2 Å². The third-order valence-corrected chi connectivity index (χ3v) is 2.66. The minimum absolute atomic E-state index is 0.392. The zero-order valence-electron chi connectivity index (χ0n) is 8.40. The Morgan fingerprint density at radius 1 is 1.29 bits per heavy atom. The maximum absolute atomic E-state index is 9.67. The van der Waals surface area contributed by atoms with Crippen molar-refractivity contribution < 1.29 is 5.11 Å². The number of hydrogen-bond acceptors (Lipinski definition) is 2. The summed E-state index contributed by atoms with van der Waals surface area (Å²) in [7, 11) is 2.11. The third kappa shape index (κ3) is 1.80. The summed E-state index contributed by atoms with van der Waals surface area (Å²) < 4.78 is 0. The lowest BCUT2D eigenvalue weighted by molar-refractivity contribution is 0.369. The lowest BCUT2D eigenvalue weighted by atomic mass is 9.99. The standard InChI is InChI=1S/C12H15NO/c1-13-8-6-10(7-9-13)11-4-2-3-5-12(11)14/h2-6,14H,7-9H2,1H3. The molecule has 0 spiro atoms. The van der Waals surface area contributed by atoms with Crippen LogP contribution in [0.25, 0.3) is 5.57 Å². The Kier molecular flexibility index (Phi) is 2.55. The molecule has 0 aliphatic carbocycles. The van der Waals surface area contributed by atoms with Crippen molar-refractivity contribution in [2.24, 2.45) is 0 Å². The van der Waals surface area contributed by atoms with E-state index in [0.29, 0.717) is 5.75 Å². The molecule has 1 aliphatic heterocycles. The third-order valence-electron chi connectivity index (χ3n) is 2.66. The average Bonchev–Trinajstić information content (AvgIpc) is 2.20. The summed E-state index contributed by atoms with van der Waals surface area (Å²) in [4.78, 5) is 2.27. The van der Waals surface area contributed by atoms with Gasteiger partial charge in [-0.15, -0.1) is 0 Å². The Morgan fingerprint density at radius 3 is 2.71 bits per heavy atom. The number of rotatable bonds is 1. The molecule has 1 N–H and O–H groups in total. The Labute approximate surface area is 84.5 Å². The molecular weight excluding hydrogens is 174 g/mol. The number of hydrogen-bond donors (Lipinski definition) is 1. The monoisotopic (exact) mass is 189 g/mol. The SMILES string of the molecule is CN1CC=C(c2ccccc2O)CC1. The molecule has 0 unspecified atom stereocenters. The summed E-state index contributed by atoms with van der Waals surface area (Å²) in [5, 5.41) is 9.67. The van der Waals surface area contributed by atoms with Crippen molar-refractivity contribution in [3.8, 4) is 5.75 Å². The molecule has 0 aromatic heterocycles. The van der Waals surface area contributed by atoms with Crippen molar-refractivity contribution >= 4 is 5.57 Å². The minimum atomic E-state index is 0.392. The quantitative estimate of drug-likeness (QED) is 0.731. The van der Waals surface area contributed by atoms with Crippen LogP contribution in [-0.4, -0.2) is 30.1 Å². The van der Waals surface area contributed by atoms with Crippen LogP contribution >= 0.6 is 0 Å². The van der Waals surface area contributed by atoms with Crippen molar-refractivity contribution in [3.05, 3.63) is 35.9 Å². The van der Waals surface area contributed by atoms with E-state index in [0.717, 1.165) is 25.1 Å². The molecule has 0 amide bonds. The molecule has 74 valence electrons. The van der Waals surface area contributed by atoms with Crippen molar-refractivity contribution in [1.29, 1.82) is 0 Å². The molecule has 0 saturated carbocycles. The van der Waals surface area contributed by atoms with Crippen molar-refractivity contribution in [3.63, 3.8) is 0 Å². The number of phenolic OH excluding ortho intramolecular Hbond substituents is 1. The van der Waals surface area contributed by atoms with Gasteiger partial charge in [-0.2, -0.15) is 0 Å². The van der Waals surface area contributed by atoms with E-state index in [-0.39, 0.29) is 0 Å². The molecule has 2 nitrogen and oxygen atoms in total. The van der Waals surface area contributed by atoms with Crippen LogP contribution in [0.2, 0.25) is 0 Å². The second-order valence-electron chi connectivity index (χ2n) is 3.76. The van der Waals surface area contributed by atoms with Gasteiger partial charge in [-0.1, -0.05) is 24.3 Å². The molecule has 14 heavy (non-hydrogen) atoms. The summed E-state index contributed by atoms with van der Waals surface area (Å²) in [6.45, 7) is 2.05. The Balaban J connectivity index is 2.28. The fraction of sp³-hybridized carbons (Fsp3) is 0.333. The van der Waals surface area contributed by atoms with Gasteiger partial charge in [-0.05, 0) is 25.1 Å². The highest BCUT2D eigenvalue weighted by molar-refractivity contribution is 5.70. The fourth-order valence-corrected chi connectivity index (χ4v) is 1.76. The Bertz CT molecular complexity index is 357. The molecule has 1 aliphatic rings. The maximum atomic E-state index is 9.67. The van der Waals surface area contributed by atoms with Crippen LogP contribution in [0.4, 0.5) is 0 Å². The number of para-hydroxylation sites is 1. The molecule has 1 heterocycles. The molecule has 0 radical (unpaired) electrons. The molecule has 0 saturated heterocycles. The zero-order valence-corrected chi connectivity index (χ0v) is 8.40. The zero-order chi connectivity index (χ0) is 9.97. The van der Waals surface area contributed by atoms with Crippen LogP contribution in [0.3, 0.4) is 0 Å². The van der Waals surface area contributed by atoms with Gasteiger partial charge in [0.1, 0.15) is 5.75 Å². The first-order chi connectivity index (χ1) is 6.77. The van der Waals surface area contributed by atoms with Gasteiger partial charge >= 0.3 is 0 Å². The van der Waals surface area contributed by atoms with E-state index in [9.17, 15) is 5.11 Å². The van der Waals surface area contributed by atoms with Gasteiger partial charge in [0, 0.05) is 18.7 Å². The first-order valence-corrected chi connectivity index (χ1v) is 4.93. The topological polar surface area (TPSA) is 23.5 Å². The second kappa shape index (κ2) is 3.84. The molecule has 0 bridgehead atoms. The second-order valence-corrected chi connectivity index (χ2v) is 3.76. The van der Waals surface area contributed by atoms with Gasteiger partial charge in [0.2, 0.25) is 0 Å². The largest absolute Gasteiger partial charge is 0.507 e. The van der Waals surface area contributed by atoms with E-state index in [1.165, 1.54) is 5.57 Å². The number of nitrogens with zero attached hydrogens (tertiary/aromatic N) is 1. The summed E-state index contributed by atoms with van der Waals surface area (Å²) in [6.07, 6.45) is 3.21. The molecule has 2 rings (SSSR count). The first-order valence-electron chi connectivity index (χ1n) is 4.93. The minimum Gasteiger partial charge on any atom is -0.507 e. The van der Waals surface area contributed by atoms with E-state index < -0.39 is 0 Å². The van der Waals surface area contributed by atoms with Gasteiger partial charge in [-0.3, -0.25) is 0 Å². The Morgan fingerprint density at radius 2 is 2.07 bits per heavy atom. The van der Waals surface area contributed by atoms with Gasteiger partial charge in [0.05, 0.1) is 0 Å². The van der Waals surface area contributed by atoms with Crippen LogP contribution in [0.1, 0.15) is 12.0 Å². The summed E-state index contributed by atoms with van der Waals surface area (Å²) >= 11 is 0. The number of likely N-dealkylation sites (N-methyl/N-ethyl adjacent to an activating group) is 1. The van der Waals surface area contributed by atoms with E-state index in [1.54, 1.807) is 6.07 Å². The fourth-order valence-electron chi connectivity index (χ4n) is 1.76. The van der Waals surface area contributed by atoms with Crippen molar-refractivity contribution in [2.45, 2.75) is 6.42 Å². The Hall–Kier alpha value is -1.28. The highest BCUT2D eigenvalue weighted by Crippen LogP contribution is 2.28. The van der Waals surface area contributed by atoms with Crippen LogP contribution in [0, 0.1) is 0 Å². The lowest BCUT2D eigenvalue weighted by Crippen LogP contribution is -2.23. The van der Waals surface area contributed by atoms with Crippen LogP contribution in [0.15, 0.2) is 30.3 Å². The lowest BCUT2D eigenvalue weighted by Gasteiger charge is -2.22. The number of phenols is 1. The highest BCUT2D eigenvalue weighted by atomic mass is 16.3. The predicted octanol–water partition coefficient (Wildman–Crippen LogP) is 2.11.